The fraction of sp³-hybridized carbons (Fsp3) is 0.600. The van der Waals surface area contributed by atoms with Gasteiger partial charge in [-0.25, -0.2) is 4.68 Å². The predicted molar refractivity (Wildman–Crippen MR) is 33.5 cm³/mol. The van der Waals surface area contributed by atoms with Crippen molar-refractivity contribution < 1.29 is 9.90 Å². The van der Waals surface area contributed by atoms with Crippen LogP contribution in [-0.2, 0) is 11.3 Å². The Morgan fingerprint density at radius 1 is 1.64 bits per heavy atom. The number of tetrazole rings is 1. The highest BCUT2D eigenvalue weighted by molar-refractivity contribution is 5.66. The zero-order valence-electron chi connectivity index (χ0n) is 5.77. The number of carboxylic acid groups (broad SMARTS) is 1. The number of aryl methyl sites for hydroxylation is 1. The van der Waals surface area contributed by atoms with Crippen molar-refractivity contribution in [2.75, 3.05) is 0 Å². The number of carboxylic acids is 1. The molecule has 1 N–H and O–H groups in total. The molecule has 11 heavy (non-hydrogen) atoms. The second-order valence-electron chi connectivity index (χ2n) is 2.00. The van der Waals surface area contributed by atoms with Crippen LogP contribution in [0.1, 0.15) is 12.8 Å². The number of nitrogens with zero attached hydrogens (tertiary/aromatic N) is 4. The van der Waals surface area contributed by atoms with E-state index in [4.69, 9.17) is 5.11 Å². The maximum atomic E-state index is 10.1. The molecular weight excluding hydrogens is 148 g/mol. The molecule has 0 aliphatic heterocycles. The third kappa shape index (κ3) is 2.74. The first-order chi connectivity index (χ1) is 5.29. The normalized spacial score (nSPS) is 9.82. The molecule has 0 aliphatic carbocycles. The number of hydrogen-bond donors (Lipinski definition) is 1. The zero-order valence-corrected chi connectivity index (χ0v) is 5.77. The summed E-state index contributed by atoms with van der Waals surface area (Å²) in [6.45, 7) is 0.499. The van der Waals surface area contributed by atoms with E-state index >= 15 is 0 Å². The summed E-state index contributed by atoms with van der Waals surface area (Å²) in [5.41, 5.74) is 0. The van der Waals surface area contributed by atoms with Gasteiger partial charge in [-0.3, -0.25) is 4.79 Å². The third-order valence-corrected chi connectivity index (χ3v) is 1.11. The van der Waals surface area contributed by atoms with Crippen molar-refractivity contribution in [2.45, 2.75) is 19.4 Å². The molecule has 0 saturated heterocycles. The Hall–Kier alpha value is -1.46. The molecule has 0 aromatic carbocycles. The van der Waals surface area contributed by atoms with Gasteiger partial charge < -0.3 is 5.11 Å². The lowest BCUT2D eigenvalue weighted by atomic mass is 10.3. The number of aliphatic carboxylic acids is 1. The Morgan fingerprint density at radius 3 is 3.00 bits per heavy atom. The summed E-state index contributed by atoms with van der Waals surface area (Å²) in [5, 5.41) is 18.4. The SMILES string of the molecule is O=C(O)CCCn1[c]nnn1. The van der Waals surface area contributed by atoms with Crippen LogP contribution in [-0.4, -0.2) is 31.3 Å². The van der Waals surface area contributed by atoms with Gasteiger partial charge in [-0.1, -0.05) is 0 Å². The van der Waals surface area contributed by atoms with Gasteiger partial charge >= 0.3 is 5.97 Å². The minimum absolute atomic E-state index is 0.133. The predicted octanol–water partition coefficient (Wildman–Crippen LogP) is -0.662. The molecule has 6 nitrogen and oxygen atoms in total. The molecule has 0 bridgehead atoms. The van der Waals surface area contributed by atoms with Crippen LogP contribution in [0.3, 0.4) is 0 Å². The van der Waals surface area contributed by atoms with Crippen molar-refractivity contribution in [3.8, 4) is 0 Å². The fourth-order valence-electron chi connectivity index (χ4n) is 0.635. The maximum Gasteiger partial charge on any atom is 0.303 e. The Bertz CT molecular complexity index is 220. The molecule has 1 heterocycles. The number of carbonyl (C=O) groups is 1. The van der Waals surface area contributed by atoms with Gasteiger partial charge in [-0.15, -0.1) is 5.10 Å². The van der Waals surface area contributed by atoms with E-state index in [1.165, 1.54) is 4.68 Å². The minimum Gasteiger partial charge on any atom is -0.481 e. The van der Waals surface area contributed by atoms with E-state index in [-0.39, 0.29) is 6.42 Å². The molecular formula is C5H7N4O2. The van der Waals surface area contributed by atoms with E-state index in [0.717, 1.165) is 0 Å². The molecule has 0 amide bonds. The monoisotopic (exact) mass is 155 g/mol. The lowest BCUT2D eigenvalue weighted by Crippen LogP contribution is -2.02. The number of hydrogen-bond acceptors (Lipinski definition) is 4. The summed E-state index contributed by atoms with van der Waals surface area (Å²) in [4.78, 5) is 10.1. The number of rotatable bonds is 4. The topological polar surface area (TPSA) is 80.9 Å². The van der Waals surface area contributed by atoms with Crippen LogP contribution in [0, 0.1) is 6.33 Å². The molecule has 1 aromatic rings. The van der Waals surface area contributed by atoms with Crippen molar-refractivity contribution in [1.29, 1.82) is 0 Å². The van der Waals surface area contributed by atoms with Gasteiger partial charge in [0, 0.05) is 13.0 Å². The standard InChI is InChI=1S/C5H7N4O2/c10-5(11)2-1-3-9-4-6-7-8-9/h1-3H2,(H,10,11). The highest BCUT2D eigenvalue weighted by Crippen LogP contribution is 1.90. The van der Waals surface area contributed by atoms with Crippen LogP contribution in [0.5, 0.6) is 0 Å². The molecule has 6 heteroatoms. The van der Waals surface area contributed by atoms with Gasteiger partial charge in [0.25, 0.3) is 0 Å². The fourth-order valence-corrected chi connectivity index (χ4v) is 0.635. The molecule has 0 unspecified atom stereocenters. The highest BCUT2D eigenvalue weighted by atomic mass is 16.4. The second-order valence-corrected chi connectivity index (χ2v) is 2.00. The van der Waals surface area contributed by atoms with Crippen molar-refractivity contribution >= 4 is 5.97 Å². The molecule has 0 aliphatic rings. The summed E-state index contributed by atoms with van der Waals surface area (Å²) in [7, 11) is 0. The molecule has 0 spiro atoms. The van der Waals surface area contributed by atoms with Gasteiger partial charge in [0.15, 0.2) is 0 Å². The quantitative estimate of drug-likeness (QED) is 0.624. The van der Waals surface area contributed by atoms with E-state index in [0.29, 0.717) is 13.0 Å². The largest absolute Gasteiger partial charge is 0.481 e. The molecule has 0 atom stereocenters. The first kappa shape index (κ1) is 7.64. The van der Waals surface area contributed by atoms with Crippen LogP contribution in [0.2, 0.25) is 0 Å². The lowest BCUT2D eigenvalue weighted by molar-refractivity contribution is -0.137. The van der Waals surface area contributed by atoms with Gasteiger partial charge in [0.2, 0.25) is 6.33 Å². The molecule has 1 radical (unpaired) electrons. The summed E-state index contributed by atoms with van der Waals surface area (Å²) >= 11 is 0. The van der Waals surface area contributed by atoms with Crippen LogP contribution >= 0.6 is 0 Å². The minimum atomic E-state index is -0.807. The van der Waals surface area contributed by atoms with Gasteiger partial charge in [-0.05, 0) is 16.8 Å². The summed E-state index contributed by atoms with van der Waals surface area (Å²) in [6, 6.07) is 0. The smallest absolute Gasteiger partial charge is 0.303 e. The second kappa shape index (κ2) is 3.65. The maximum absolute atomic E-state index is 10.1. The van der Waals surface area contributed by atoms with Crippen molar-refractivity contribution in [3.05, 3.63) is 6.33 Å². The Kier molecular flexibility index (Phi) is 2.53. The van der Waals surface area contributed by atoms with E-state index in [2.05, 4.69) is 21.9 Å². The van der Waals surface area contributed by atoms with Gasteiger partial charge in [0.1, 0.15) is 0 Å². The molecule has 1 rings (SSSR count). The van der Waals surface area contributed by atoms with E-state index in [9.17, 15) is 4.79 Å². The van der Waals surface area contributed by atoms with E-state index in [1.54, 1.807) is 0 Å². The highest BCUT2D eigenvalue weighted by Gasteiger charge is 1.97. The van der Waals surface area contributed by atoms with Crippen molar-refractivity contribution in [1.82, 2.24) is 20.2 Å². The van der Waals surface area contributed by atoms with Crippen LogP contribution in [0.15, 0.2) is 0 Å². The average molecular weight is 155 g/mol. The van der Waals surface area contributed by atoms with Crippen molar-refractivity contribution in [3.63, 3.8) is 0 Å². The number of aromatic nitrogens is 4. The lowest BCUT2D eigenvalue weighted by Gasteiger charge is -1.93. The molecule has 59 valence electrons. The van der Waals surface area contributed by atoms with Crippen molar-refractivity contribution in [2.24, 2.45) is 0 Å². The first-order valence-electron chi connectivity index (χ1n) is 3.14. The Morgan fingerprint density at radius 2 is 2.45 bits per heavy atom. The van der Waals surface area contributed by atoms with E-state index in [1.807, 2.05) is 0 Å². The first-order valence-corrected chi connectivity index (χ1v) is 3.14. The van der Waals surface area contributed by atoms with Gasteiger partial charge in [0.05, 0.1) is 0 Å². The van der Waals surface area contributed by atoms with Gasteiger partial charge in [-0.2, -0.15) is 0 Å². The molecule has 0 fully saturated rings. The summed E-state index contributed by atoms with van der Waals surface area (Å²) < 4.78 is 1.38. The molecule has 1 aromatic heterocycles. The van der Waals surface area contributed by atoms with Crippen LogP contribution < -0.4 is 0 Å². The summed E-state index contributed by atoms with van der Waals surface area (Å²) in [5.74, 6) is -0.807. The summed E-state index contributed by atoms with van der Waals surface area (Å²) in [6.07, 6.45) is 3.12. The third-order valence-electron chi connectivity index (χ3n) is 1.11. The Balaban J connectivity index is 2.19. The molecule has 0 saturated carbocycles. The van der Waals surface area contributed by atoms with Crippen LogP contribution in [0.25, 0.3) is 0 Å². The zero-order chi connectivity index (χ0) is 8.10. The van der Waals surface area contributed by atoms with E-state index < -0.39 is 5.97 Å². The average Bonchev–Trinajstić information content (AvgIpc) is 2.39. The van der Waals surface area contributed by atoms with Crippen LogP contribution in [0.4, 0.5) is 0 Å². The Labute approximate surface area is 62.8 Å².